The van der Waals surface area contributed by atoms with Gasteiger partial charge in [0.05, 0.1) is 6.54 Å². The van der Waals surface area contributed by atoms with Gasteiger partial charge in [-0.2, -0.15) is 0 Å². The Balaban J connectivity index is 1.59. The third-order valence-electron chi connectivity index (χ3n) is 3.57. The van der Waals surface area contributed by atoms with E-state index in [1.807, 2.05) is 16.5 Å². The van der Waals surface area contributed by atoms with Crippen molar-refractivity contribution in [2.24, 2.45) is 0 Å². The highest BCUT2D eigenvalue weighted by atomic mass is 32.1. The van der Waals surface area contributed by atoms with Crippen LogP contribution in [0.15, 0.2) is 22.2 Å². The van der Waals surface area contributed by atoms with Crippen LogP contribution in [0, 0.1) is 6.92 Å². The predicted molar refractivity (Wildman–Crippen MR) is 79.2 cm³/mol. The quantitative estimate of drug-likeness (QED) is 0.865. The minimum absolute atomic E-state index is 0.0389. The monoisotopic (exact) mass is 306 g/mol. The SMILES string of the molecule is Cc1cc(C(=O)N2CCCN(Cc3nccs3)CC2)no1. The minimum atomic E-state index is -0.0389. The van der Waals surface area contributed by atoms with Gasteiger partial charge in [0.2, 0.25) is 0 Å². The van der Waals surface area contributed by atoms with Crippen molar-refractivity contribution >= 4 is 17.2 Å². The Bertz CT molecular complexity index is 596. The molecule has 0 atom stereocenters. The first-order chi connectivity index (χ1) is 10.2. The second-order valence-electron chi connectivity index (χ2n) is 5.17. The van der Waals surface area contributed by atoms with E-state index in [4.69, 9.17) is 4.52 Å². The zero-order valence-electron chi connectivity index (χ0n) is 12.0. The van der Waals surface area contributed by atoms with E-state index in [1.165, 1.54) is 0 Å². The van der Waals surface area contributed by atoms with Gasteiger partial charge in [-0.1, -0.05) is 5.16 Å². The maximum atomic E-state index is 12.4. The van der Waals surface area contributed by atoms with E-state index >= 15 is 0 Å². The van der Waals surface area contributed by atoms with Gasteiger partial charge in [-0.25, -0.2) is 4.98 Å². The lowest BCUT2D eigenvalue weighted by atomic mass is 10.3. The first kappa shape index (κ1) is 14.2. The molecule has 1 fully saturated rings. The Morgan fingerprint density at radius 2 is 2.29 bits per heavy atom. The molecule has 2 aromatic heterocycles. The van der Waals surface area contributed by atoms with Crippen molar-refractivity contribution in [2.75, 3.05) is 26.2 Å². The third-order valence-corrected chi connectivity index (χ3v) is 4.33. The third kappa shape index (κ3) is 3.48. The molecule has 1 aliphatic heterocycles. The summed E-state index contributed by atoms with van der Waals surface area (Å²) in [5.41, 5.74) is 0.404. The van der Waals surface area contributed by atoms with E-state index in [-0.39, 0.29) is 5.91 Å². The Labute approximate surface area is 127 Å². The number of carbonyl (C=O) groups excluding carboxylic acids is 1. The number of aryl methyl sites for hydroxylation is 1. The van der Waals surface area contributed by atoms with Gasteiger partial charge < -0.3 is 9.42 Å². The Morgan fingerprint density at radius 3 is 3.00 bits per heavy atom. The first-order valence-electron chi connectivity index (χ1n) is 7.06. The summed E-state index contributed by atoms with van der Waals surface area (Å²) in [5.74, 6) is 0.626. The largest absolute Gasteiger partial charge is 0.361 e. The molecule has 3 heterocycles. The van der Waals surface area contributed by atoms with Crippen LogP contribution in [0.4, 0.5) is 0 Å². The average Bonchev–Trinajstić information content (AvgIpc) is 3.07. The summed E-state index contributed by atoms with van der Waals surface area (Å²) in [7, 11) is 0. The fourth-order valence-electron chi connectivity index (χ4n) is 2.48. The lowest BCUT2D eigenvalue weighted by Gasteiger charge is -2.20. The molecule has 3 rings (SSSR count). The van der Waals surface area contributed by atoms with Crippen molar-refractivity contribution in [3.05, 3.63) is 34.1 Å². The van der Waals surface area contributed by atoms with Crippen LogP contribution in [0.5, 0.6) is 0 Å². The van der Waals surface area contributed by atoms with E-state index < -0.39 is 0 Å². The van der Waals surface area contributed by atoms with Crippen LogP contribution in [0.25, 0.3) is 0 Å². The van der Waals surface area contributed by atoms with Gasteiger partial charge in [0.25, 0.3) is 5.91 Å². The van der Waals surface area contributed by atoms with Crippen LogP contribution in [-0.2, 0) is 6.54 Å². The van der Waals surface area contributed by atoms with Gasteiger partial charge in [0, 0.05) is 43.8 Å². The second-order valence-corrected chi connectivity index (χ2v) is 6.15. The molecular formula is C14H18N4O2S. The molecule has 0 aromatic carbocycles. The van der Waals surface area contributed by atoms with Gasteiger partial charge in [0.15, 0.2) is 5.69 Å². The smallest absolute Gasteiger partial charge is 0.276 e. The van der Waals surface area contributed by atoms with Crippen molar-refractivity contribution < 1.29 is 9.32 Å². The van der Waals surface area contributed by atoms with Crippen LogP contribution in [0.3, 0.4) is 0 Å². The number of rotatable bonds is 3. The molecule has 21 heavy (non-hydrogen) atoms. The second kappa shape index (κ2) is 6.36. The molecule has 1 saturated heterocycles. The molecule has 1 amide bonds. The van der Waals surface area contributed by atoms with E-state index in [2.05, 4.69) is 15.0 Å². The predicted octanol–water partition coefficient (Wildman–Crippen LogP) is 1.79. The lowest BCUT2D eigenvalue weighted by Crippen LogP contribution is -2.35. The Hall–Kier alpha value is -1.73. The molecule has 0 spiro atoms. The Kier molecular flexibility index (Phi) is 4.31. The standard InChI is InChI=1S/C14H18N4O2S/c1-11-9-12(16-20-11)14(19)18-5-2-4-17(6-7-18)10-13-15-3-8-21-13/h3,8-9H,2,4-7,10H2,1H3. The summed E-state index contributed by atoms with van der Waals surface area (Å²) in [6.45, 7) is 5.99. The molecule has 0 radical (unpaired) electrons. The van der Waals surface area contributed by atoms with Crippen LogP contribution in [0.1, 0.15) is 27.7 Å². The summed E-state index contributed by atoms with van der Waals surface area (Å²) < 4.78 is 4.98. The summed E-state index contributed by atoms with van der Waals surface area (Å²) in [6, 6.07) is 1.70. The lowest BCUT2D eigenvalue weighted by molar-refractivity contribution is 0.0750. The number of carbonyl (C=O) groups is 1. The molecule has 0 aliphatic carbocycles. The first-order valence-corrected chi connectivity index (χ1v) is 7.93. The number of hydrogen-bond acceptors (Lipinski definition) is 6. The zero-order chi connectivity index (χ0) is 14.7. The van der Waals surface area contributed by atoms with Gasteiger partial charge in [-0.3, -0.25) is 9.69 Å². The highest BCUT2D eigenvalue weighted by molar-refractivity contribution is 7.09. The molecule has 0 N–H and O–H groups in total. The molecular weight excluding hydrogens is 288 g/mol. The number of aromatic nitrogens is 2. The van der Waals surface area contributed by atoms with E-state index in [1.54, 1.807) is 24.3 Å². The summed E-state index contributed by atoms with van der Waals surface area (Å²) in [6.07, 6.45) is 2.80. The summed E-state index contributed by atoms with van der Waals surface area (Å²) >= 11 is 1.67. The fourth-order valence-corrected chi connectivity index (χ4v) is 3.14. The maximum Gasteiger partial charge on any atom is 0.276 e. The highest BCUT2D eigenvalue weighted by Crippen LogP contribution is 2.13. The van der Waals surface area contributed by atoms with Crippen molar-refractivity contribution in [2.45, 2.75) is 19.9 Å². The van der Waals surface area contributed by atoms with Gasteiger partial charge in [-0.15, -0.1) is 11.3 Å². The number of hydrogen-bond donors (Lipinski definition) is 0. The molecule has 6 nitrogen and oxygen atoms in total. The number of amides is 1. The molecule has 0 unspecified atom stereocenters. The van der Waals surface area contributed by atoms with Crippen LogP contribution in [-0.4, -0.2) is 52.0 Å². The maximum absolute atomic E-state index is 12.4. The van der Waals surface area contributed by atoms with Gasteiger partial charge >= 0.3 is 0 Å². The number of thiazole rings is 1. The topological polar surface area (TPSA) is 62.5 Å². The molecule has 0 bridgehead atoms. The summed E-state index contributed by atoms with van der Waals surface area (Å²) in [4.78, 5) is 20.9. The van der Waals surface area contributed by atoms with Gasteiger partial charge in [0.1, 0.15) is 10.8 Å². The number of nitrogens with zero attached hydrogens (tertiary/aromatic N) is 4. The molecule has 1 aliphatic rings. The van der Waals surface area contributed by atoms with E-state index in [0.717, 1.165) is 44.2 Å². The van der Waals surface area contributed by atoms with Crippen LogP contribution < -0.4 is 0 Å². The highest BCUT2D eigenvalue weighted by Gasteiger charge is 2.22. The van der Waals surface area contributed by atoms with E-state index in [9.17, 15) is 4.79 Å². The fraction of sp³-hybridized carbons (Fsp3) is 0.500. The average molecular weight is 306 g/mol. The van der Waals surface area contributed by atoms with E-state index in [0.29, 0.717) is 11.5 Å². The summed E-state index contributed by atoms with van der Waals surface area (Å²) in [5, 5.41) is 6.94. The molecule has 112 valence electrons. The van der Waals surface area contributed by atoms with Crippen molar-refractivity contribution in [3.63, 3.8) is 0 Å². The minimum Gasteiger partial charge on any atom is -0.361 e. The van der Waals surface area contributed by atoms with Crippen molar-refractivity contribution in [1.82, 2.24) is 19.9 Å². The molecule has 2 aromatic rings. The van der Waals surface area contributed by atoms with Crippen LogP contribution >= 0.6 is 11.3 Å². The van der Waals surface area contributed by atoms with Crippen molar-refractivity contribution in [3.8, 4) is 0 Å². The normalized spacial score (nSPS) is 16.9. The molecule has 7 heteroatoms. The Morgan fingerprint density at radius 1 is 1.38 bits per heavy atom. The molecule has 0 saturated carbocycles. The van der Waals surface area contributed by atoms with Gasteiger partial charge in [-0.05, 0) is 13.3 Å². The zero-order valence-corrected chi connectivity index (χ0v) is 12.8. The van der Waals surface area contributed by atoms with Crippen LogP contribution in [0.2, 0.25) is 0 Å². The van der Waals surface area contributed by atoms with Crippen molar-refractivity contribution in [1.29, 1.82) is 0 Å².